The van der Waals surface area contributed by atoms with Gasteiger partial charge in [0.1, 0.15) is 0 Å². The molecule has 1 heterocycles. The summed E-state index contributed by atoms with van der Waals surface area (Å²) in [6, 6.07) is 4.35. The molecule has 6 heteroatoms. The molecular formula is C14H16ClNO4. The second-order valence-corrected chi connectivity index (χ2v) is 5.17. The standard InChI is InChI=1S/C14H16ClNO4/c15-9-4-5-12(11(7-9)14(18)19)16-13(17)8-10-3-1-2-6-20-10/h4-5,7,10H,1-3,6,8H2,(H,16,17)(H,18,19). The number of anilines is 1. The number of hydrogen-bond acceptors (Lipinski definition) is 3. The van der Waals surface area contributed by atoms with Crippen molar-refractivity contribution in [1.82, 2.24) is 0 Å². The van der Waals surface area contributed by atoms with Gasteiger partial charge in [0.2, 0.25) is 5.91 Å². The summed E-state index contributed by atoms with van der Waals surface area (Å²) in [5.74, 6) is -1.38. The molecule has 0 bridgehead atoms. The first kappa shape index (κ1) is 14.8. The average molecular weight is 298 g/mol. The van der Waals surface area contributed by atoms with Gasteiger partial charge in [0.15, 0.2) is 0 Å². The number of hydrogen-bond donors (Lipinski definition) is 2. The highest BCUT2D eigenvalue weighted by Crippen LogP contribution is 2.22. The number of ether oxygens (including phenoxy) is 1. The van der Waals surface area contributed by atoms with Crippen molar-refractivity contribution >= 4 is 29.2 Å². The lowest BCUT2D eigenvalue weighted by molar-refractivity contribution is -0.119. The zero-order chi connectivity index (χ0) is 14.5. The largest absolute Gasteiger partial charge is 0.478 e. The van der Waals surface area contributed by atoms with Gasteiger partial charge in [0.25, 0.3) is 0 Å². The SMILES string of the molecule is O=C(CC1CCCCO1)Nc1ccc(Cl)cc1C(=O)O. The Morgan fingerprint density at radius 1 is 1.40 bits per heavy atom. The number of benzene rings is 1. The minimum absolute atomic E-state index is 0.0181. The van der Waals surface area contributed by atoms with Crippen molar-refractivity contribution in [2.75, 3.05) is 11.9 Å². The van der Waals surface area contributed by atoms with Crippen LogP contribution in [0.2, 0.25) is 5.02 Å². The molecule has 2 N–H and O–H groups in total. The molecule has 20 heavy (non-hydrogen) atoms. The average Bonchev–Trinajstić information content (AvgIpc) is 2.41. The van der Waals surface area contributed by atoms with Gasteiger partial charge in [-0.25, -0.2) is 4.79 Å². The van der Waals surface area contributed by atoms with Crippen molar-refractivity contribution in [3.05, 3.63) is 28.8 Å². The Bertz CT molecular complexity index is 512. The number of amides is 1. The molecule has 1 amide bonds. The number of carbonyl (C=O) groups excluding carboxylic acids is 1. The fourth-order valence-corrected chi connectivity index (χ4v) is 2.35. The van der Waals surface area contributed by atoms with E-state index in [1.54, 1.807) is 6.07 Å². The van der Waals surface area contributed by atoms with E-state index in [1.807, 2.05) is 0 Å². The van der Waals surface area contributed by atoms with Gasteiger partial charge in [-0.15, -0.1) is 0 Å². The first-order valence-corrected chi connectivity index (χ1v) is 6.88. The zero-order valence-corrected chi connectivity index (χ0v) is 11.7. The van der Waals surface area contributed by atoms with E-state index < -0.39 is 5.97 Å². The number of halogens is 1. The van der Waals surface area contributed by atoms with Crippen LogP contribution in [0, 0.1) is 0 Å². The molecule has 0 aromatic heterocycles. The number of carboxylic acid groups (broad SMARTS) is 1. The lowest BCUT2D eigenvalue weighted by atomic mass is 10.1. The molecule has 1 aromatic carbocycles. The molecule has 0 aliphatic carbocycles. The summed E-state index contributed by atoms with van der Waals surface area (Å²) in [5, 5.41) is 12.0. The third-order valence-electron chi connectivity index (χ3n) is 3.17. The Hall–Kier alpha value is -1.59. The van der Waals surface area contributed by atoms with Crippen molar-refractivity contribution in [2.24, 2.45) is 0 Å². The van der Waals surface area contributed by atoms with Gasteiger partial charge >= 0.3 is 5.97 Å². The fourth-order valence-electron chi connectivity index (χ4n) is 2.18. The number of carboxylic acids is 1. The normalized spacial score (nSPS) is 18.6. The maximum absolute atomic E-state index is 11.9. The number of rotatable bonds is 4. The summed E-state index contributed by atoms with van der Waals surface area (Å²) >= 11 is 5.76. The molecule has 108 valence electrons. The Labute approximate surface area is 121 Å². The predicted molar refractivity (Wildman–Crippen MR) is 75.2 cm³/mol. The highest BCUT2D eigenvalue weighted by atomic mass is 35.5. The van der Waals surface area contributed by atoms with Gasteiger partial charge in [0, 0.05) is 11.6 Å². The second-order valence-electron chi connectivity index (χ2n) is 4.74. The van der Waals surface area contributed by atoms with Crippen molar-refractivity contribution in [3.63, 3.8) is 0 Å². The number of carbonyl (C=O) groups is 2. The molecule has 1 aliphatic rings. The fraction of sp³-hybridized carbons (Fsp3) is 0.429. The summed E-state index contributed by atoms with van der Waals surface area (Å²) in [6.07, 6.45) is 3.10. The molecule has 1 aromatic rings. The van der Waals surface area contributed by atoms with Crippen LogP contribution in [0.1, 0.15) is 36.0 Å². The molecule has 2 rings (SSSR count). The topological polar surface area (TPSA) is 75.6 Å². The molecule has 1 unspecified atom stereocenters. The Morgan fingerprint density at radius 3 is 2.85 bits per heavy atom. The van der Waals surface area contributed by atoms with Crippen molar-refractivity contribution < 1.29 is 19.4 Å². The van der Waals surface area contributed by atoms with Crippen LogP contribution in [0.3, 0.4) is 0 Å². The molecular weight excluding hydrogens is 282 g/mol. The molecule has 0 spiro atoms. The summed E-state index contributed by atoms with van der Waals surface area (Å²) in [4.78, 5) is 23.0. The lowest BCUT2D eigenvalue weighted by Gasteiger charge is -2.22. The third-order valence-corrected chi connectivity index (χ3v) is 3.41. The van der Waals surface area contributed by atoms with Gasteiger partial charge in [-0.1, -0.05) is 11.6 Å². The van der Waals surface area contributed by atoms with Crippen LogP contribution < -0.4 is 5.32 Å². The summed E-state index contributed by atoms with van der Waals surface area (Å²) < 4.78 is 5.48. The van der Waals surface area contributed by atoms with E-state index in [2.05, 4.69) is 5.32 Å². The molecule has 0 radical (unpaired) electrons. The molecule has 1 atom stereocenters. The first-order valence-electron chi connectivity index (χ1n) is 6.50. The molecule has 1 aliphatic heterocycles. The van der Waals surface area contributed by atoms with Crippen LogP contribution in [-0.4, -0.2) is 29.7 Å². The Kier molecular flexibility index (Phi) is 4.98. The van der Waals surface area contributed by atoms with E-state index in [1.165, 1.54) is 12.1 Å². The zero-order valence-electron chi connectivity index (χ0n) is 10.9. The number of aromatic carboxylic acids is 1. The maximum Gasteiger partial charge on any atom is 0.337 e. The van der Waals surface area contributed by atoms with Gasteiger partial charge in [-0.05, 0) is 37.5 Å². The van der Waals surface area contributed by atoms with Crippen LogP contribution in [-0.2, 0) is 9.53 Å². The van der Waals surface area contributed by atoms with E-state index in [0.29, 0.717) is 11.6 Å². The van der Waals surface area contributed by atoms with E-state index in [0.717, 1.165) is 19.3 Å². The lowest BCUT2D eigenvalue weighted by Crippen LogP contribution is -2.26. The van der Waals surface area contributed by atoms with Crippen LogP contribution >= 0.6 is 11.6 Å². The maximum atomic E-state index is 11.9. The van der Waals surface area contributed by atoms with E-state index in [9.17, 15) is 9.59 Å². The van der Waals surface area contributed by atoms with Crippen LogP contribution in [0.5, 0.6) is 0 Å². The van der Waals surface area contributed by atoms with Crippen molar-refractivity contribution in [1.29, 1.82) is 0 Å². The van der Waals surface area contributed by atoms with Gasteiger partial charge < -0.3 is 15.2 Å². The quantitative estimate of drug-likeness (QED) is 0.896. The van der Waals surface area contributed by atoms with Crippen molar-refractivity contribution in [3.8, 4) is 0 Å². The van der Waals surface area contributed by atoms with Crippen LogP contribution in [0.15, 0.2) is 18.2 Å². The highest BCUT2D eigenvalue weighted by Gasteiger charge is 2.19. The monoisotopic (exact) mass is 297 g/mol. The number of nitrogens with one attached hydrogen (secondary N) is 1. The summed E-state index contributed by atoms with van der Waals surface area (Å²) in [6.45, 7) is 0.680. The van der Waals surface area contributed by atoms with E-state index in [-0.39, 0.29) is 29.7 Å². The minimum atomic E-state index is -1.13. The predicted octanol–water partition coefficient (Wildman–Crippen LogP) is 2.94. The van der Waals surface area contributed by atoms with Gasteiger partial charge in [-0.2, -0.15) is 0 Å². The second kappa shape index (κ2) is 6.72. The smallest absolute Gasteiger partial charge is 0.337 e. The minimum Gasteiger partial charge on any atom is -0.478 e. The highest BCUT2D eigenvalue weighted by molar-refractivity contribution is 6.31. The molecule has 1 saturated heterocycles. The summed E-state index contributed by atoms with van der Waals surface area (Å²) in [5.41, 5.74) is 0.234. The Balaban J connectivity index is 2.01. The third kappa shape index (κ3) is 3.95. The van der Waals surface area contributed by atoms with E-state index >= 15 is 0 Å². The van der Waals surface area contributed by atoms with Crippen LogP contribution in [0.25, 0.3) is 0 Å². The van der Waals surface area contributed by atoms with Gasteiger partial charge in [0.05, 0.1) is 23.8 Å². The molecule has 1 fully saturated rings. The van der Waals surface area contributed by atoms with E-state index in [4.69, 9.17) is 21.4 Å². The molecule has 5 nitrogen and oxygen atoms in total. The van der Waals surface area contributed by atoms with Crippen molar-refractivity contribution in [2.45, 2.75) is 31.8 Å². The summed E-state index contributed by atoms with van der Waals surface area (Å²) in [7, 11) is 0. The molecule has 0 saturated carbocycles. The van der Waals surface area contributed by atoms with Gasteiger partial charge in [-0.3, -0.25) is 4.79 Å². The Morgan fingerprint density at radius 2 is 2.20 bits per heavy atom. The first-order chi connectivity index (χ1) is 9.56. The van der Waals surface area contributed by atoms with Crippen LogP contribution in [0.4, 0.5) is 5.69 Å².